The Labute approximate surface area is 180 Å². The summed E-state index contributed by atoms with van der Waals surface area (Å²) in [5.41, 5.74) is 4.18. The highest BCUT2D eigenvalue weighted by Crippen LogP contribution is 2.30. The van der Waals surface area contributed by atoms with Gasteiger partial charge in [0.15, 0.2) is 18.2 Å². The summed E-state index contributed by atoms with van der Waals surface area (Å²) in [6.07, 6.45) is 1.53. The number of hydrogen-bond donors (Lipinski definition) is 1. The predicted octanol–water partition coefficient (Wildman–Crippen LogP) is 4.78. The highest BCUT2D eigenvalue weighted by Gasteiger charge is 2.32. The van der Waals surface area contributed by atoms with E-state index in [4.69, 9.17) is 4.74 Å². The molecule has 0 spiro atoms. The molecule has 0 aliphatic heterocycles. The lowest BCUT2D eigenvalue weighted by Gasteiger charge is -2.13. The van der Waals surface area contributed by atoms with E-state index < -0.39 is 0 Å². The van der Waals surface area contributed by atoms with Crippen LogP contribution in [0, 0.1) is 13.8 Å². The summed E-state index contributed by atoms with van der Waals surface area (Å²) in [7, 11) is 0. The van der Waals surface area contributed by atoms with Crippen LogP contribution in [-0.2, 0) is 4.79 Å². The lowest BCUT2D eigenvalue weighted by molar-refractivity contribution is -0.118. The van der Waals surface area contributed by atoms with E-state index in [9.17, 15) is 14.4 Å². The van der Waals surface area contributed by atoms with Gasteiger partial charge in [-0.1, -0.05) is 60.7 Å². The number of fused-ring (bicyclic) bond motifs is 1. The number of hydrogen-bond acceptors (Lipinski definition) is 4. The summed E-state index contributed by atoms with van der Waals surface area (Å²) in [6.45, 7) is 3.66. The Hall–Kier alpha value is -3.99. The van der Waals surface area contributed by atoms with Gasteiger partial charge in [-0.3, -0.25) is 14.4 Å². The first-order valence-corrected chi connectivity index (χ1v) is 9.93. The fourth-order valence-corrected chi connectivity index (χ4v) is 3.62. The number of aryl methyl sites for hydroxylation is 2. The highest BCUT2D eigenvalue weighted by atomic mass is 16.5. The van der Waals surface area contributed by atoms with Crippen LogP contribution in [0.3, 0.4) is 0 Å². The van der Waals surface area contributed by atoms with Gasteiger partial charge >= 0.3 is 0 Å². The van der Waals surface area contributed by atoms with Crippen LogP contribution in [0.1, 0.15) is 37.4 Å². The molecule has 0 saturated heterocycles. The minimum Gasteiger partial charge on any atom is -0.483 e. The van der Waals surface area contributed by atoms with Crippen LogP contribution < -0.4 is 10.1 Å². The maximum Gasteiger partial charge on any atom is 0.262 e. The Bertz CT molecular complexity index is 1180. The second-order valence-corrected chi connectivity index (χ2v) is 7.40. The molecule has 1 aliphatic carbocycles. The number of ketones is 2. The van der Waals surface area contributed by atoms with Gasteiger partial charge in [0.25, 0.3) is 5.91 Å². The van der Waals surface area contributed by atoms with Crippen molar-refractivity contribution in [3.63, 3.8) is 0 Å². The summed E-state index contributed by atoms with van der Waals surface area (Å²) >= 11 is 0. The van der Waals surface area contributed by atoms with E-state index in [1.54, 1.807) is 48.5 Å². The second kappa shape index (κ2) is 8.40. The van der Waals surface area contributed by atoms with Crippen LogP contribution in [0.4, 0.5) is 5.69 Å². The number of carbonyl (C=O) groups excluding carboxylic acids is 3. The number of nitrogens with one attached hydrogen (secondary N) is 1. The maximum atomic E-state index is 12.7. The van der Waals surface area contributed by atoms with Crippen molar-refractivity contribution in [1.82, 2.24) is 0 Å². The average molecular weight is 411 g/mol. The van der Waals surface area contributed by atoms with Crippen molar-refractivity contribution in [3.8, 4) is 5.75 Å². The predicted molar refractivity (Wildman–Crippen MR) is 120 cm³/mol. The van der Waals surface area contributed by atoms with Crippen LogP contribution in [-0.4, -0.2) is 24.1 Å². The van der Waals surface area contributed by atoms with Gasteiger partial charge < -0.3 is 10.1 Å². The number of ether oxygens (including phenoxy) is 1. The molecule has 0 aromatic heterocycles. The van der Waals surface area contributed by atoms with E-state index in [0.29, 0.717) is 22.4 Å². The summed E-state index contributed by atoms with van der Waals surface area (Å²) < 4.78 is 5.73. The molecule has 5 nitrogen and oxygen atoms in total. The molecule has 0 unspecified atom stereocenters. The Balaban J connectivity index is 1.52. The fourth-order valence-electron chi connectivity index (χ4n) is 3.62. The quantitative estimate of drug-likeness (QED) is 0.484. The number of amides is 1. The van der Waals surface area contributed by atoms with Gasteiger partial charge in [0, 0.05) is 22.4 Å². The van der Waals surface area contributed by atoms with Crippen molar-refractivity contribution >= 4 is 29.2 Å². The summed E-state index contributed by atoms with van der Waals surface area (Å²) in [6, 6.07) is 19.6. The van der Waals surface area contributed by atoms with Gasteiger partial charge in [0.1, 0.15) is 5.75 Å². The Morgan fingerprint density at radius 1 is 0.839 bits per heavy atom. The zero-order chi connectivity index (χ0) is 22.0. The molecule has 1 N–H and O–H groups in total. The average Bonchev–Trinajstić information content (AvgIpc) is 3.01. The third-order valence-corrected chi connectivity index (χ3v) is 5.23. The lowest BCUT2D eigenvalue weighted by Crippen LogP contribution is -2.21. The van der Waals surface area contributed by atoms with Gasteiger partial charge in [-0.15, -0.1) is 0 Å². The smallest absolute Gasteiger partial charge is 0.262 e. The van der Waals surface area contributed by atoms with Crippen LogP contribution >= 0.6 is 0 Å². The third-order valence-electron chi connectivity index (χ3n) is 5.23. The molecule has 1 aliphatic rings. The van der Waals surface area contributed by atoms with Gasteiger partial charge in [-0.05, 0) is 37.1 Å². The zero-order valence-electron chi connectivity index (χ0n) is 17.3. The maximum absolute atomic E-state index is 12.7. The van der Waals surface area contributed by atoms with Crippen molar-refractivity contribution in [3.05, 3.63) is 100 Å². The van der Waals surface area contributed by atoms with Crippen molar-refractivity contribution in [1.29, 1.82) is 0 Å². The van der Waals surface area contributed by atoms with Crippen LogP contribution in [0.2, 0.25) is 0 Å². The largest absolute Gasteiger partial charge is 0.483 e. The van der Waals surface area contributed by atoms with E-state index in [2.05, 4.69) is 5.32 Å². The number of carbonyl (C=O) groups is 3. The van der Waals surface area contributed by atoms with Gasteiger partial charge in [-0.25, -0.2) is 0 Å². The fraction of sp³-hybridized carbons (Fsp3) is 0.115. The van der Waals surface area contributed by atoms with E-state index in [0.717, 1.165) is 16.8 Å². The molecule has 0 heterocycles. The van der Waals surface area contributed by atoms with Crippen molar-refractivity contribution in [2.45, 2.75) is 13.8 Å². The molecule has 5 heteroatoms. The summed E-state index contributed by atoms with van der Waals surface area (Å²) in [5.74, 6) is -0.477. The van der Waals surface area contributed by atoms with E-state index in [1.165, 1.54) is 6.08 Å². The van der Waals surface area contributed by atoms with E-state index in [1.807, 2.05) is 32.0 Å². The molecule has 0 atom stereocenters. The third kappa shape index (κ3) is 4.03. The number of para-hydroxylation sites is 2. The summed E-state index contributed by atoms with van der Waals surface area (Å²) in [4.78, 5) is 37.8. The first kappa shape index (κ1) is 20.3. The summed E-state index contributed by atoms with van der Waals surface area (Å²) in [5, 5.41) is 2.88. The molecule has 0 saturated carbocycles. The van der Waals surface area contributed by atoms with E-state index in [-0.39, 0.29) is 29.7 Å². The SMILES string of the molecule is Cc1cccc(C)c1NC(=O)COc1ccccc1C=C1C(=O)c2ccccc2C1=O. The van der Waals surface area contributed by atoms with Crippen LogP contribution in [0.15, 0.2) is 72.3 Å². The molecule has 154 valence electrons. The topological polar surface area (TPSA) is 72.5 Å². The Morgan fingerprint density at radius 2 is 1.42 bits per heavy atom. The zero-order valence-corrected chi connectivity index (χ0v) is 17.3. The number of allylic oxidation sites excluding steroid dienone is 1. The number of rotatable bonds is 5. The van der Waals surface area contributed by atoms with Crippen LogP contribution in [0.5, 0.6) is 5.75 Å². The first-order chi connectivity index (χ1) is 15.0. The second-order valence-electron chi connectivity index (χ2n) is 7.40. The van der Waals surface area contributed by atoms with E-state index >= 15 is 0 Å². The molecule has 0 fully saturated rings. The minimum atomic E-state index is -0.303. The molecule has 31 heavy (non-hydrogen) atoms. The lowest BCUT2D eigenvalue weighted by atomic mass is 10.1. The van der Waals surface area contributed by atoms with Gasteiger partial charge in [0.05, 0.1) is 5.57 Å². The molecule has 3 aromatic carbocycles. The molecule has 0 radical (unpaired) electrons. The molecule has 1 amide bonds. The number of anilines is 1. The molecular formula is C26H21NO4. The van der Waals surface area contributed by atoms with Crippen molar-refractivity contribution < 1.29 is 19.1 Å². The van der Waals surface area contributed by atoms with Crippen molar-refractivity contribution in [2.75, 3.05) is 11.9 Å². The first-order valence-electron chi connectivity index (χ1n) is 9.93. The Kier molecular flexibility index (Phi) is 5.50. The normalized spacial score (nSPS) is 12.5. The van der Waals surface area contributed by atoms with Crippen molar-refractivity contribution in [2.24, 2.45) is 0 Å². The number of benzene rings is 3. The van der Waals surface area contributed by atoms with Gasteiger partial charge in [0.2, 0.25) is 0 Å². The molecule has 4 rings (SSSR count). The van der Waals surface area contributed by atoms with Crippen LogP contribution in [0.25, 0.3) is 6.08 Å². The molecular weight excluding hydrogens is 390 g/mol. The van der Waals surface area contributed by atoms with Gasteiger partial charge in [-0.2, -0.15) is 0 Å². The number of Topliss-reactive ketones (excluding diaryl/α,β-unsaturated/α-hetero) is 2. The standard InChI is InChI=1S/C26H21NO4/c1-16-8-7-9-17(2)24(16)27-23(28)15-31-22-13-6-3-10-18(22)14-21-25(29)19-11-4-5-12-20(19)26(21)30/h3-14H,15H2,1-2H3,(H,27,28). The highest BCUT2D eigenvalue weighted by molar-refractivity contribution is 6.41. The monoisotopic (exact) mass is 411 g/mol. The Morgan fingerprint density at radius 3 is 2.06 bits per heavy atom. The molecule has 0 bridgehead atoms. The minimum absolute atomic E-state index is 0.0947. The molecule has 3 aromatic rings.